The van der Waals surface area contributed by atoms with Crippen molar-refractivity contribution in [1.82, 2.24) is 29.6 Å². The summed E-state index contributed by atoms with van der Waals surface area (Å²) in [6.07, 6.45) is 9.58. The first kappa shape index (κ1) is 25.2. The molecule has 42 heavy (non-hydrogen) atoms. The Kier molecular flexibility index (Phi) is 5.40. The fourth-order valence-electron chi connectivity index (χ4n) is 6.50. The average Bonchev–Trinajstić information content (AvgIpc) is 3.68. The van der Waals surface area contributed by atoms with Crippen molar-refractivity contribution < 1.29 is 9.53 Å². The molecule has 6 heterocycles. The zero-order valence-electron chi connectivity index (χ0n) is 23.7. The van der Waals surface area contributed by atoms with Crippen LogP contribution in [0.3, 0.4) is 0 Å². The Bertz CT molecular complexity index is 1870. The van der Waals surface area contributed by atoms with E-state index in [1.165, 1.54) is 24.0 Å². The summed E-state index contributed by atoms with van der Waals surface area (Å²) in [5.74, 6) is 1.70. The summed E-state index contributed by atoms with van der Waals surface area (Å²) in [7, 11) is 0. The molecule has 11 nitrogen and oxygen atoms in total. The number of nitrogens with zero attached hydrogens (tertiary/aromatic N) is 6. The molecule has 214 valence electrons. The summed E-state index contributed by atoms with van der Waals surface area (Å²) >= 11 is 0. The fourth-order valence-corrected chi connectivity index (χ4v) is 6.50. The number of pyridine rings is 1. The lowest BCUT2D eigenvalue weighted by Crippen LogP contribution is -2.53. The minimum absolute atomic E-state index is 0.142. The first-order valence-corrected chi connectivity index (χ1v) is 14.6. The zero-order valence-corrected chi connectivity index (χ0v) is 23.7. The summed E-state index contributed by atoms with van der Waals surface area (Å²) < 4.78 is 9.37. The maximum atomic E-state index is 13.6. The molecule has 0 radical (unpaired) electrons. The Morgan fingerprint density at radius 3 is 2.81 bits per heavy atom. The van der Waals surface area contributed by atoms with Crippen molar-refractivity contribution >= 4 is 34.4 Å². The molecule has 4 aliphatic rings. The smallest absolute Gasteiger partial charge is 0.278 e. The van der Waals surface area contributed by atoms with Gasteiger partial charge in [-0.25, -0.2) is 19.3 Å². The quantitative estimate of drug-likeness (QED) is 0.354. The van der Waals surface area contributed by atoms with Crippen LogP contribution < -0.4 is 25.8 Å². The van der Waals surface area contributed by atoms with E-state index in [9.17, 15) is 9.59 Å². The van der Waals surface area contributed by atoms with Gasteiger partial charge in [-0.3, -0.25) is 14.5 Å². The van der Waals surface area contributed by atoms with Gasteiger partial charge in [0, 0.05) is 36.9 Å². The number of aromatic nitrogens is 5. The maximum Gasteiger partial charge on any atom is 0.278 e. The largest absolute Gasteiger partial charge is 0.474 e. The molecule has 3 aliphatic heterocycles. The standard InChI is InChI=1S/C31H32N8O3/c1-30(2)28(41)37-13-5-3-4-6-14-38-27(40)21-17-33-29(36-25(21)39(38)24-10-9-23(42-30)26(37)35-24)34-20-7-8-22-19(15-20)16-32-18-31(22)11-12-31/h4,6-10,15,17,32H,3,5,11-14,16,18H2,1-2H3,(H,33,34,36). The maximum absolute atomic E-state index is 13.6. The number of allylic oxidation sites excluding steroid dienone is 2. The zero-order chi connectivity index (χ0) is 28.6. The molecular weight excluding hydrogens is 532 g/mol. The molecule has 0 unspecified atom stereocenters. The Balaban J connectivity index is 1.24. The van der Waals surface area contributed by atoms with Crippen LogP contribution in [-0.4, -0.2) is 48.9 Å². The van der Waals surface area contributed by atoms with Crippen LogP contribution in [0.2, 0.25) is 0 Å². The van der Waals surface area contributed by atoms with Crippen molar-refractivity contribution in [2.24, 2.45) is 0 Å². The number of benzene rings is 1. The van der Waals surface area contributed by atoms with Crippen LogP contribution in [0.1, 0.15) is 50.7 Å². The van der Waals surface area contributed by atoms with Crippen molar-refractivity contribution in [3.8, 4) is 11.6 Å². The van der Waals surface area contributed by atoms with Crippen LogP contribution in [0.4, 0.5) is 17.5 Å². The second-order valence-electron chi connectivity index (χ2n) is 12.2. The molecule has 11 heteroatoms. The molecule has 1 spiro atoms. The predicted octanol–water partition coefficient (Wildman–Crippen LogP) is 3.71. The molecule has 1 amide bonds. The van der Waals surface area contributed by atoms with Gasteiger partial charge in [0.2, 0.25) is 5.95 Å². The lowest BCUT2D eigenvalue weighted by atomic mass is 9.88. The van der Waals surface area contributed by atoms with Crippen LogP contribution in [0, 0.1) is 0 Å². The molecule has 1 aliphatic carbocycles. The first-order chi connectivity index (χ1) is 20.3. The summed E-state index contributed by atoms with van der Waals surface area (Å²) in [4.78, 5) is 42.9. The van der Waals surface area contributed by atoms with E-state index in [-0.39, 0.29) is 11.5 Å². The second-order valence-corrected chi connectivity index (χ2v) is 12.2. The molecule has 1 fully saturated rings. The van der Waals surface area contributed by atoms with Gasteiger partial charge in [0.15, 0.2) is 28.6 Å². The average molecular weight is 565 g/mol. The molecule has 1 saturated carbocycles. The predicted molar refractivity (Wildman–Crippen MR) is 159 cm³/mol. The van der Waals surface area contributed by atoms with Gasteiger partial charge in [-0.2, -0.15) is 4.98 Å². The van der Waals surface area contributed by atoms with Crippen molar-refractivity contribution in [2.45, 2.75) is 63.6 Å². The van der Waals surface area contributed by atoms with Gasteiger partial charge in [0.25, 0.3) is 11.5 Å². The summed E-state index contributed by atoms with van der Waals surface area (Å²) in [6.45, 7) is 6.30. The Hall–Kier alpha value is -4.51. The number of carbonyl (C=O) groups is 1. The van der Waals surface area contributed by atoms with Gasteiger partial charge in [0.1, 0.15) is 5.39 Å². The van der Waals surface area contributed by atoms with E-state index in [1.54, 1.807) is 40.4 Å². The van der Waals surface area contributed by atoms with Crippen LogP contribution in [0.25, 0.3) is 16.9 Å². The number of nitrogens with one attached hydrogen (secondary N) is 2. The van der Waals surface area contributed by atoms with Crippen molar-refractivity contribution in [3.05, 3.63) is 70.2 Å². The fraction of sp³-hybridized carbons (Fsp3) is 0.387. The molecule has 4 aromatic rings. The number of ether oxygens (including phenoxy) is 1. The van der Waals surface area contributed by atoms with Gasteiger partial charge < -0.3 is 15.4 Å². The highest BCUT2D eigenvalue weighted by molar-refractivity contribution is 6.01. The second kappa shape index (κ2) is 8.99. The van der Waals surface area contributed by atoms with Crippen molar-refractivity contribution in [1.29, 1.82) is 0 Å². The third kappa shape index (κ3) is 3.87. The highest BCUT2D eigenvalue weighted by Gasteiger charge is 2.46. The van der Waals surface area contributed by atoms with E-state index < -0.39 is 5.60 Å². The summed E-state index contributed by atoms with van der Waals surface area (Å²) in [6, 6.07) is 10.1. The van der Waals surface area contributed by atoms with Crippen molar-refractivity contribution in [3.63, 3.8) is 0 Å². The molecule has 8 rings (SSSR count). The molecule has 2 bridgehead atoms. The van der Waals surface area contributed by atoms with E-state index in [2.05, 4.69) is 33.8 Å². The van der Waals surface area contributed by atoms with E-state index in [0.717, 1.165) is 31.6 Å². The lowest BCUT2D eigenvalue weighted by molar-refractivity contribution is -0.132. The number of hydrogen-bond donors (Lipinski definition) is 2. The Labute approximate surface area is 242 Å². The van der Waals surface area contributed by atoms with Crippen LogP contribution in [0.15, 0.2) is 53.5 Å². The van der Waals surface area contributed by atoms with Crippen molar-refractivity contribution in [2.75, 3.05) is 23.3 Å². The van der Waals surface area contributed by atoms with Gasteiger partial charge in [0.05, 0.1) is 6.54 Å². The molecular formula is C31H32N8O3. The first-order valence-electron chi connectivity index (χ1n) is 14.6. The van der Waals surface area contributed by atoms with Gasteiger partial charge >= 0.3 is 0 Å². The highest BCUT2D eigenvalue weighted by Crippen LogP contribution is 2.50. The third-order valence-corrected chi connectivity index (χ3v) is 8.86. The molecule has 1 aromatic carbocycles. The minimum Gasteiger partial charge on any atom is -0.474 e. The van der Waals surface area contributed by atoms with Crippen LogP contribution >= 0.6 is 0 Å². The number of rotatable bonds is 2. The van der Waals surface area contributed by atoms with Crippen LogP contribution in [-0.2, 0) is 23.3 Å². The van der Waals surface area contributed by atoms with E-state index in [0.29, 0.717) is 52.9 Å². The van der Waals surface area contributed by atoms with E-state index >= 15 is 0 Å². The highest BCUT2D eigenvalue weighted by atomic mass is 16.5. The molecule has 0 saturated heterocycles. The SMILES string of the molecule is CC1(C)Oc2ccc3nc2N(CCCC=CCn2c(=O)c4cnc(Nc5ccc6c(c5)CNCC65CC5)nc4n2-3)C1=O. The van der Waals surface area contributed by atoms with E-state index in [1.807, 2.05) is 18.2 Å². The summed E-state index contributed by atoms with van der Waals surface area (Å²) in [5.41, 5.74) is 3.16. The lowest BCUT2D eigenvalue weighted by Gasteiger charge is -2.38. The van der Waals surface area contributed by atoms with Gasteiger partial charge in [-0.15, -0.1) is 0 Å². The number of anilines is 3. The topological polar surface area (TPSA) is 119 Å². The molecule has 3 aromatic heterocycles. The van der Waals surface area contributed by atoms with Gasteiger partial charge in [-0.05, 0) is 74.9 Å². The number of fused-ring (bicyclic) bond motifs is 7. The Morgan fingerprint density at radius 2 is 1.95 bits per heavy atom. The summed E-state index contributed by atoms with van der Waals surface area (Å²) in [5, 5.41) is 7.30. The normalized spacial score (nSPS) is 19.9. The number of amides is 1. The van der Waals surface area contributed by atoms with Gasteiger partial charge in [-0.1, -0.05) is 18.2 Å². The molecule has 2 N–H and O–H groups in total. The number of hydrogen-bond acceptors (Lipinski definition) is 8. The number of carbonyl (C=O) groups excluding carboxylic acids is 1. The monoisotopic (exact) mass is 564 g/mol. The van der Waals surface area contributed by atoms with Crippen LogP contribution in [0.5, 0.6) is 5.75 Å². The third-order valence-electron chi connectivity index (χ3n) is 8.86. The van der Waals surface area contributed by atoms with E-state index in [4.69, 9.17) is 14.7 Å². The molecule has 0 atom stereocenters. The Morgan fingerprint density at radius 1 is 1.07 bits per heavy atom. The minimum atomic E-state index is -0.995.